The van der Waals surface area contributed by atoms with Crippen molar-refractivity contribution in [3.05, 3.63) is 57.5 Å². The van der Waals surface area contributed by atoms with E-state index >= 15 is 0 Å². The normalized spacial score (nSPS) is 21.7. The molecule has 1 aromatic rings. The molecule has 1 amide bonds. The quantitative estimate of drug-likeness (QED) is 0.816. The van der Waals surface area contributed by atoms with Crippen LogP contribution in [0.4, 0.5) is 0 Å². The van der Waals surface area contributed by atoms with E-state index in [0.717, 1.165) is 5.56 Å². The molecule has 6 nitrogen and oxygen atoms in total. The van der Waals surface area contributed by atoms with Crippen LogP contribution in [-0.4, -0.2) is 16.7 Å². The average Bonchev–Trinajstić information content (AvgIpc) is 2.57. The van der Waals surface area contributed by atoms with Crippen LogP contribution in [0.3, 0.4) is 0 Å². The summed E-state index contributed by atoms with van der Waals surface area (Å²) in [6.07, 6.45) is 0.917. The second-order valence-electron chi connectivity index (χ2n) is 7.70. The van der Waals surface area contributed by atoms with Crippen LogP contribution in [0.25, 0.3) is 0 Å². The van der Waals surface area contributed by atoms with E-state index < -0.39 is 5.92 Å². The highest BCUT2D eigenvalue weighted by molar-refractivity contribution is 6.30. The summed E-state index contributed by atoms with van der Waals surface area (Å²) >= 11 is 6.00. The van der Waals surface area contributed by atoms with Crippen LogP contribution in [0.15, 0.2) is 46.9 Å². The molecule has 0 spiro atoms. The van der Waals surface area contributed by atoms with Gasteiger partial charge in [-0.05, 0) is 29.5 Å². The molecule has 0 fully saturated rings. The molecule has 0 radical (unpaired) electrons. The zero-order valence-corrected chi connectivity index (χ0v) is 16.2. The maximum absolute atomic E-state index is 13.1. The maximum atomic E-state index is 13.1. The first-order valence-corrected chi connectivity index (χ1v) is 9.01. The molecule has 3 N–H and O–H groups in total. The van der Waals surface area contributed by atoms with Crippen LogP contribution in [0.5, 0.6) is 0 Å². The maximum Gasteiger partial charge on any atom is 0.235 e. The molecule has 1 heterocycles. The number of carbonyl (C=O) groups is 2. The largest absolute Gasteiger partial charge is 0.383 e. The van der Waals surface area contributed by atoms with Crippen molar-refractivity contribution in [2.24, 2.45) is 11.1 Å². The van der Waals surface area contributed by atoms with Gasteiger partial charge in [-0.1, -0.05) is 37.6 Å². The molecule has 1 aliphatic carbocycles. The van der Waals surface area contributed by atoms with Gasteiger partial charge in [-0.2, -0.15) is 5.26 Å². The second kappa shape index (κ2) is 6.75. The Kier molecular flexibility index (Phi) is 4.75. The van der Waals surface area contributed by atoms with Gasteiger partial charge in [0.2, 0.25) is 5.91 Å². The number of nitrogens with zero attached hydrogens (tertiary/aromatic N) is 2. The van der Waals surface area contributed by atoms with Crippen LogP contribution < -0.4 is 11.2 Å². The van der Waals surface area contributed by atoms with E-state index in [9.17, 15) is 14.9 Å². The van der Waals surface area contributed by atoms with Gasteiger partial charge in [0.25, 0.3) is 0 Å². The molecule has 27 heavy (non-hydrogen) atoms. The van der Waals surface area contributed by atoms with E-state index in [-0.39, 0.29) is 28.5 Å². The molecule has 140 valence electrons. The molecule has 2 aliphatic rings. The minimum atomic E-state index is -0.573. The monoisotopic (exact) mass is 384 g/mol. The van der Waals surface area contributed by atoms with Crippen LogP contribution in [0.1, 0.15) is 45.1 Å². The van der Waals surface area contributed by atoms with Gasteiger partial charge in [-0.25, -0.2) is 5.01 Å². The number of allylic oxidation sites excluding steroid dienone is 3. The number of hydrogen-bond acceptors (Lipinski definition) is 5. The molecule has 0 bridgehead atoms. The highest BCUT2D eigenvalue weighted by atomic mass is 35.5. The molecule has 3 rings (SSSR count). The third-order valence-corrected chi connectivity index (χ3v) is 5.11. The molecule has 1 atom stereocenters. The lowest BCUT2D eigenvalue weighted by Crippen LogP contribution is -2.49. The van der Waals surface area contributed by atoms with Crippen molar-refractivity contribution >= 4 is 23.3 Å². The summed E-state index contributed by atoms with van der Waals surface area (Å²) in [6, 6.07) is 9.17. The van der Waals surface area contributed by atoms with Gasteiger partial charge in [-0.15, -0.1) is 0 Å². The minimum absolute atomic E-state index is 0.0446. The van der Waals surface area contributed by atoms with Gasteiger partial charge in [0.1, 0.15) is 5.82 Å². The van der Waals surface area contributed by atoms with E-state index in [0.29, 0.717) is 29.1 Å². The highest BCUT2D eigenvalue weighted by Gasteiger charge is 2.44. The number of hydrogen-bond donors (Lipinski definition) is 2. The molecular formula is C20H21ClN4O2. The van der Waals surface area contributed by atoms with Gasteiger partial charge in [-0.3, -0.25) is 15.0 Å². The van der Waals surface area contributed by atoms with Crippen molar-refractivity contribution in [1.82, 2.24) is 10.4 Å². The Labute approximate surface area is 163 Å². The van der Waals surface area contributed by atoms with E-state index in [1.807, 2.05) is 13.8 Å². The summed E-state index contributed by atoms with van der Waals surface area (Å²) in [5, 5.41) is 11.8. The Hall–Kier alpha value is -2.78. The highest BCUT2D eigenvalue weighted by Crippen LogP contribution is 2.48. The van der Waals surface area contributed by atoms with Crippen molar-refractivity contribution < 1.29 is 9.59 Å². The first-order chi connectivity index (χ1) is 12.6. The molecule has 0 aromatic heterocycles. The van der Waals surface area contributed by atoms with Gasteiger partial charge in [0.05, 0.1) is 23.3 Å². The fraction of sp³-hybridized carbons (Fsp3) is 0.350. The molecule has 1 unspecified atom stereocenters. The zero-order chi connectivity index (χ0) is 19.9. The van der Waals surface area contributed by atoms with Crippen molar-refractivity contribution in [2.75, 3.05) is 0 Å². The SMILES string of the molecule is CC(=O)NN1C(N)=C(C#N)C(c2ccc(Cl)cc2)C2=C1CC(C)(C)CC2=O. The number of hydrazine groups is 1. The fourth-order valence-electron chi connectivity index (χ4n) is 3.78. The number of rotatable bonds is 2. The number of nitrogens with two attached hydrogens (primary N) is 1. The van der Waals surface area contributed by atoms with Crippen molar-refractivity contribution in [3.63, 3.8) is 0 Å². The smallest absolute Gasteiger partial charge is 0.235 e. The summed E-state index contributed by atoms with van der Waals surface area (Å²) in [5.41, 5.74) is 10.8. The van der Waals surface area contributed by atoms with Crippen molar-refractivity contribution in [3.8, 4) is 6.07 Å². The third kappa shape index (κ3) is 3.43. The van der Waals surface area contributed by atoms with Gasteiger partial charge in [0.15, 0.2) is 5.78 Å². The predicted molar refractivity (Wildman–Crippen MR) is 102 cm³/mol. The summed E-state index contributed by atoms with van der Waals surface area (Å²) in [5.74, 6) is -0.813. The summed E-state index contributed by atoms with van der Waals surface area (Å²) < 4.78 is 0. The van der Waals surface area contributed by atoms with Crippen LogP contribution in [-0.2, 0) is 9.59 Å². The topological polar surface area (TPSA) is 99.2 Å². The summed E-state index contributed by atoms with van der Waals surface area (Å²) in [4.78, 5) is 24.8. The van der Waals surface area contributed by atoms with E-state index in [1.54, 1.807) is 24.3 Å². The minimum Gasteiger partial charge on any atom is -0.383 e. The number of halogens is 1. The van der Waals surface area contributed by atoms with Gasteiger partial charge in [0, 0.05) is 23.9 Å². The average molecular weight is 385 g/mol. The summed E-state index contributed by atoms with van der Waals surface area (Å²) in [7, 11) is 0. The number of Topliss-reactive ketones (excluding diaryl/α,β-unsaturated/α-hetero) is 1. The van der Waals surface area contributed by atoms with E-state index in [4.69, 9.17) is 17.3 Å². The van der Waals surface area contributed by atoms with Crippen LogP contribution in [0.2, 0.25) is 5.02 Å². The number of ketones is 1. The molecule has 7 heteroatoms. The van der Waals surface area contributed by atoms with E-state index in [1.165, 1.54) is 11.9 Å². The first-order valence-electron chi connectivity index (χ1n) is 8.63. The molecule has 0 saturated carbocycles. The molecule has 1 aromatic carbocycles. The Morgan fingerprint density at radius 1 is 1.33 bits per heavy atom. The fourth-order valence-corrected chi connectivity index (χ4v) is 3.91. The Bertz CT molecular complexity index is 922. The predicted octanol–water partition coefficient (Wildman–Crippen LogP) is 3.13. The Morgan fingerprint density at radius 3 is 2.52 bits per heavy atom. The number of carbonyl (C=O) groups excluding carboxylic acids is 2. The van der Waals surface area contributed by atoms with Crippen molar-refractivity contribution in [2.45, 2.75) is 39.5 Å². The second-order valence-corrected chi connectivity index (χ2v) is 8.14. The van der Waals surface area contributed by atoms with Gasteiger partial charge < -0.3 is 5.73 Å². The Balaban J connectivity index is 2.25. The molecule has 0 saturated heterocycles. The lowest BCUT2D eigenvalue weighted by molar-refractivity contribution is -0.123. The van der Waals surface area contributed by atoms with Crippen molar-refractivity contribution in [1.29, 1.82) is 5.26 Å². The lowest BCUT2D eigenvalue weighted by Gasteiger charge is -2.43. The first kappa shape index (κ1) is 19.0. The summed E-state index contributed by atoms with van der Waals surface area (Å²) in [6.45, 7) is 5.36. The number of nitrogens with one attached hydrogen (secondary N) is 1. The standard InChI is InChI=1S/C20H21ClN4O2/c1-11(26)24-25-15-8-20(2,3)9-16(27)18(15)17(14(10-22)19(25)23)12-4-6-13(21)7-5-12/h4-7,17H,8-9,23H2,1-3H3,(H,24,26). The molecule has 1 aliphatic heterocycles. The number of benzene rings is 1. The number of nitriles is 1. The van der Waals surface area contributed by atoms with Crippen LogP contribution in [0, 0.1) is 16.7 Å². The Morgan fingerprint density at radius 2 is 1.96 bits per heavy atom. The van der Waals surface area contributed by atoms with Crippen LogP contribution >= 0.6 is 11.6 Å². The van der Waals surface area contributed by atoms with Gasteiger partial charge >= 0.3 is 0 Å². The molecular weight excluding hydrogens is 364 g/mol. The lowest BCUT2D eigenvalue weighted by atomic mass is 9.69. The third-order valence-electron chi connectivity index (χ3n) is 4.85. The zero-order valence-electron chi connectivity index (χ0n) is 15.5. The number of amides is 1. The van der Waals surface area contributed by atoms with E-state index in [2.05, 4.69) is 11.5 Å².